The molecule has 1 nitrogen and oxygen atoms in total. The normalized spacial score (nSPS) is 26.9. The van der Waals surface area contributed by atoms with Crippen molar-refractivity contribution in [2.24, 2.45) is 23.2 Å². The van der Waals surface area contributed by atoms with Crippen LogP contribution in [0.3, 0.4) is 0 Å². The Morgan fingerprint density at radius 3 is 2.93 bits per heavy atom. The summed E-state index contributed by atoms with van der Waals surface area (Å²) in [7, 11) is 0. The molecule has 1 fully saturated rings. The van der Waals surface area contributed by atoms with E-state index in [0.29, 0.717) is 11.8 Å². The molecule has 1 unspecified atom stereocenters. The third-order valence-electron chi connectivity index (χ3n) is 6.70. The van der Waals surface area contributed by atoms with E-state index in [1.807, 2.05) is 12.3 Å². The minimum Gasteiger partial charge on any atom is -0.256 e. The number of hydrogen-bond donors (Lipinski definition) is 0. The van der Waals surface area contributed by atoms with Gasteiger partial charge in [-0.2, -0.15) is 0 Å². The Morgan fingerprint density at radius 1 is 1.37 bits per heavy atom. The van der Waals surface area contributed by atoms with Crippen LogP contribution in [0.2, 0.25) is 0 Å². The van der Waals surface area contributed by atoms with Crippen molar-refractivity contribution < 1.29 is 0 Å². The number of benzene rings is 1. The van der Waals surface area contributed by atoms with Gasteiger partial charge in [-0.15, -0.1) is 6.58 Å². The average Bonchev–Trinajstić information content (AvgIpc) is 2.67. The van der Waals surface area contributed by atoms with E-state index in [-0.39, 0.29) is 5.41 Å². The molecule has 1 aromatic heterocycles. The number of fused-ring (bicyclic) bond motifs is 1. The quantitative estimate of drug-likeness (QED) is 0.488. The molecule has 142 valence electrons. The van der Waals surface area contributed by atoms with Gasteiger partial charge in [0.1, 0.15) is 0 Å². The number of rotatable bonds is 6. The topological polar surface area (TPSA) is 12.9 Å². The highest BCUT2D eigenvalue weighted by Gasteiger charge is 2.39. The summed E-state index contributed by atoms with van der Waals surface area (Å²) in [5.41, 5.74) is 3.85. The first-order valence-corrected chi connectivity index (χ1v) is 10.2. The van der Waals surface area contributed by atoms with E-state index in [9.17, 15) is 0 Å². The third-order valence-corrected chi connectivity index (χ3v) is 6.70. The van der Waals surface area contributed by atoms with Crippen LogP contribution in [-0.4, -0.2) is 4.98 Å². The molecule has 1 heteroatoms. The molecular weight excluding hydrogens is 326 g/mol. The molecule has 0 saturated heterocycles. The molecule has 1 aromatic carbocycles. The van der Waals surface area contributed by atoms with Gasteiger partial charge in [-0.25, -0.2) is 0 Å². The maximum absolute atomic E-state index is 4.39. The third kappa shape index (κ3) is 4.40. The summed E-state index contributed by atoms with van der Waals surface area (Å²) in [5.74, 6) is 2.03. The average molecular weight is 360 g/mol. The molecule has 0 N–H and O–H groups in total. The van der Waals surface area contributed by atoms with Crippen molar-refractivity contribution in [2.45, 2.75) is 46.5 Å². The molecular formula is C26H33N. The van der Waals surface area contributed by atoms with Gasteiger partial charge in [0.25, 0.3) is 0 Å². The molecule has 1 aliphatic carbocycles. The largest absolute Gasteiger partial charge is 0.256 e. The van der Waals surface area contributed by atoms with Crippen molar-refractivity contribution in [3.63, 3.8) is 0 Å². The van der Waals surface area contributed by atoms with E-state index in [2.05, 4.69) is 81.4 Å². The first kappa shape index (κ1) is 19.6. The zero-order valence-corrected chi connectivity index (χ0v) is 17.1. The predicted octanol–water partition coefficient (Wildman–Crippen LogP) is 7.46. The fourth-order valence-electron chi connectivity index (χ4n) is 4.69. The molecule has 27 heavy (non-hydrogen) atoms. The second-order valence-electron chi connectivity index (χ2n) is 8.71. The fourth-order valence-corrected chi connectivity index (χ4v) is 4.69. The Labute approximate surface area is 164 Å². The fraction of sp³-hybridized carbons (Fsp3) is 0.423. The number of nitrogens with zero attached hydrogens (tertiary/aromatic N) is 1. The van der Waals surface area contributed by atoms with E-state index in [0.717, 1.165) is 17.9 Å². The van der Waals surface area contributed by atoms with Gasteiger partial charge in [-0.1, -0.05) is 56.4 Å². The van der Waals surface area contributed by atoms with Gasteiger partial charge < -0.3 is 0 Å². The van der Waals surface area contributed by atoms with Gasteiger partial charge in [0.2, 0.25) is 0 Å². The zero-order chi connectivity index (χ0) is 19.4. The van der Waals surface area contributed by atoms with Crippen LogP contribution in [0.1, 0.15) is 52.0 Å². The van der Waals surface area contributed by atoms with Gasteiger partial charge in [0.15, 0.2) is 0 Å². The highest BCUT2D eigenvalue weighted by molar-refractivity contribution is 5.80. The van der Waals surface area contributed by atoms with E-state index in [4.69, 9.17) is 0 Å². The van der Waals surface area contributed by atoms with Gasteiger partial charge in [-0.3, -0.25) is 4.98 Å². The monoisotopic (exact) mass is 359 g/mol. The number of pyridine rings is 1. The van der Waals surface area contributed by atoms with Crippen LogP contribution in [0, 0.1) is 23.2 Å². The Balaban J connectivity index is 1.63. The van der Waals surface area contributed by atoms with Crippen molar-refractivity contribution in [2.75, 3.05) is 0 Å². The molecule has 3 rings (SSSR count). The lowest BCUT2D eigenvalue weighted by Crippen LogP contribution is -2.35. The Bertz CT molecular complexity index is 846. The SMILES string of the molecule is C=C[C@]1(C)CC[C@@H](C(C)C/C=C/c2ccc3ncccc3c2)C[C@H]1C(=C)C. The van der Waals surface area contributed by atoms with E-state index in [1.54, 1.807) is 0 Å². The molecule has 1 saturated carbocycles. The summed E-state index contributed by atoms with van der Waals surface area (Å²) >= 11 is 0. The highest BCUT2D eigenvalue weighted by Crippen LogP contribution is 2.49. The van der Waals surface area contributed by atoms with Crippen molar-refractivity contribution in [3.05, 3.63) is 73.0 Å². The van der Waals surface area contributed by atoms with Crippen LogP contribution >= 0.6 is 0 Å². The summed E-state index contributed by atoms with van der Waals surface area (Å²) in [6, 6.07) is 10.6. The van der Waals surface area contributed by atoms with Gasteiger partial charge in [0.05, 0.1) is 5.52 Å². The van der Waals surface area contributed by atoms with Crippen molar-refractivity contribution in [1.82, 2.24) is 4.98 Å². The second kappa shape index (κ2) is 8.25. The lowest BCUT2D eigenvalue weighted by molar-refractivity contribution is 0.122. The Hall–Kier alpha value is -2.15. The Kier molecular flexibility index (Phi) is 5.99. The molecule has 1 heterocycles. The van der Waals surface area contributed by atoms with Crippen LogP contribution in [0.5, 0.6) is 0 Å². The standard InChI is InChI=1S/C26H33N/c1-6-26(5)15-14-22(18-24(26)19(2)3)20(4)9-7-10-21-12-13-25-23(17-21)11-8-16-27-25/h6-8,10-13,16-17,20,22,24H,1-2,9,14-15,18H2,3-5H3/b10-7+/t20?,22-,24+,26-/m1/s1. The molecule has 0 aliphatic heterocycles. The zero-order valence-electron chi connectivity index (χ0n) is 17.1. The number of aromatic nitrogens is 1. The van der Waals surface area contributed by atoms with Crippen molar-refractivity contribution in [1.29, 1.82) is 0 Å². The molecule has 2 aromatic rings. The summed E-state index contributed by atoms with van der Waals surface area (Å²) in [6.45, 7) is 15.3. The summed E-state index contributed by atoms with van der Waals surface area (Å²) in [4.78, 5) is 4.39. The molecule has 0 spiro atoms. The first-order chi connectivity index (χ1) is 12.9. The van der Waals surface area contributed by atoms with Crippen LogP contribution < -0.4 is 0 Å². The predicted molar refractivity (Wildman–Crippen MR) is 119 cm³/mol. The summed E-state index contributed by atoms with van der Waals surface area (Å²) < 4.78 is 0. The van der Waals surface area contributed by atoms with Gasteiger partial charge >= 0.3 is 0 Å². The molecule has 0 radical (unpaired) electrons. The van der Waals surface area contributed by atoms with Crippen LogP contribution in [0.15, 0.2) is 67.4 Å². The Morgan fingerprint density at radius 2 is 2.19 bits per heavy atom. The minimum absolute atomic E-state index is 0.219. The second-order valence-corrected chi connectivity index (χ2v) is 8.71. The van der Waals surface area contributed by atoms with Crippen LogP contribution in [0.4, 0.5) is 0 Å². The van der Waals surface area contributed by atoms with E-state index >= 15 is 0 Å². The summed E-state index contributed by atoms with van der Waals surface area (Å²) in [6.07, 6.45) is 13.5. The van der Waals surface area contributed by atoms with Gasteiger partial charge in [0, 0.05) is 11.6 Å². The minimum atomic E-state index is 0.219. The molecule has 1 aliphatic rings. The van der Waals surface area contributed by atoms with Crippen LogP contribution in [0.25, 0.3) is 17.0 Å². The first-order valence-electron chi connectivity index (χ1n) is 10.2. The molecule has 4 atom stereocenters. The lowest BCUT2D eigenvalue weighted by Gasteiger charge is -2.45. The maximum Gasteiger partial charge on any atom is 0.0702 e. The number of allylic oxidation sites excluding steroid dienone is 3. The van der Waals surface area contributed by atoms with E-state index in [1.165, 1.54) is 35.8 Å². The molecule has 0 amide bonds. The highest BCUT2D eigenvalue weighted by atomic mass is 14.6. The smallest absolute Gasteiger partial charge is 0.0702 e. The lowest BCUT2D eigenvalue weighted by atomic mass is 9.60. The van der Waals surface area contributed by atoms with Crippen molar-refractivity contribution in [3.8, 4) is 0 Å². The van der Waals surface area contributed by atoms with Gasteiger partial charge in [-0.05, 0) is 79.5 Å². The molecule has 0 bridgehead atoms. The van der Waals surface area contributed by atoms with Crippen molar-refractivity contribution >= 4 is 17.0 Å². The van der Waals surface area contributed by atoms with Crippen LogP contribution in [-0.2, 0) is 0 Å². The number of hydrogen-bond acceptors (Lipinski definition) is 1. The summed E-state index contributed by atoms with van der Waals surface area (Å²) in [5, 5.41) is 1.20. The van der Waals surface area contributed by atoms with E-state index < -0.39 is 0 Å². The maximum atomic E-state index is 4.39.